The molecule has 7 nitrogen and oxygen atoms in total. The van der Waals surface area contributed by atoms with Gasteiger partial charge in [0.25, 0.3) is 11.8 Å². The number of ether oxygens (including phenoxy) is 2. The lowest BCUT2D eigenvalue weighted by Gasteiger charge is -2.15. The summed E-state index contributed by atoms with van der Waals surface area (Å²) in [6, 6.07) is 10.4. The molecule has 0 spiro atoms. The Morgan fingerprint density at radius 1 is 1.07 bits per heavy atom. The summed E-state index contributed by atoms with van der Waals surface area (Å²) in [5.74, 6) is -2.44. The van der Waals surface area contributed by atoms with Crippen LogP contribution in [0.1, 0.15) is 46.4 Å². The van der Waals surface area contributed by atoms with Gasteiger partial charge in [0, 0.05) is 12.1 Å². The number of hydrogen-bond donors (Lipinski definition) is 2. The fourth-order valence-electron chi connectivity index (χ4n) is 3.31. The Hall–Kier alpha value is -3.42. The van der Waals surface area contributed by atoms with E-state index in [-0.39, 0.29) is 23.3 Å². The first kappa shape index (κ1) is 21.3. The predicted octanol–water partition coefficient (Wildman–Crippen LogP) is 3.30. The van der Waals surface area contributed by atoms with Gasteiger partial charge in [-0.3, -0.25) is 9.59 Å². The lowest BCUT2D eigenvalue weighted by atomic mass is 10.1. The summed E-state index contributed by atoms with van der Waals surface area (Å²) in [6.07, 6.45) is 4.06. The van der Waals surface area contributed by atoms with Crippen molar-refractivity contribution in [1.29, 1.82) is 0 Å². The summed E-state index contributed by atoms with van der Waals surface area (Å²) in [5, 5.41) is 5.53. The van der Waals surface area contributed by atoms with Gasteiger partial charge in [0.15, 0.2) is 6.61 Å². The number of benzene rings is 2. The molecular weight excluding hydrogens is 391 g/mol. The molecule has 0 heterocycles. The molecule has 0 aliphatic heterocycles. The molecule has 0 unspecified atom stereocenters. The number of methoxy groups -OCH3 is 1. The normalized spacial score (nSPS) is 13.5. The van der Waals surface area contributed by atoms with E-state index in [1.54, 1.807) is 24.3 Å². The first-order chi connectivity index (χ1) is 14.5. The Balaban J connectivity index is 1.58. The SMILES string of the molecule is COc1ccc(C(=O)OCC(=O)Nc2ccccc2C(=O)NC2CCCC2)c(F)c1. The second-order valence-corrected chi connectivity index (χ2v) is 6.97. The molecule has 8 heteroatoms. The van der Waals surface area contributed by atoms with Gasteiger partial charge >= 0.3 is 5.97 Å². The highest BCUT2D eigenvalue weighted by molar-refractivity contribution is 6.04. The van der Waals surface area contributed by atoms with E-state index in [0.29, 0.717) is 11.3 Å². The molecular formula is C22H23FN2O5. The molecule has 2 aromatic rings. The van der Waals surface area contributed by atoms with Gasteiger partial charge in [-0.05, 0) is 37.1 Å². The Bertz CT molecular complexity index is 941. The average molecular weight is 414 g/mol. The highest BCUT2D eigenvalue weighted by atomic mass is 19.1. The van der Waals surface area contributed by atoms with Crippen LogP contribution in [0.2, 0.25) is 0 Å². The molecule has 0 radical (unpaired) electrons. The number of hydrogen-bond acceptors (Lipinski definition) is 5. The number of carbonyl (C=O) groups excluding carboxylic acids is 3. The monoisotopic (exact) mass is 414 g/mol. The van der Waals surface area contributed by atoms with Gasteiger partial charge < -0.3 is 20.1 Å². The van der Waals surface area contributed by atoms with Crippen molar-refractivity contribution in [2.24, 2.45) is 0 Å². The van der Waals surface area contributed by atoms with Gasteiger partial charge in [0.1, 0.15) is 11.6 Å². The fourth-order valence-corrected chi connectivity index (χ4v) is 3.31. The van der Waals surface area contributed by atoms with E-state index >= 15 is 0 Å². The summed E-state index contributed by atoms with van der Waals surface area (Å²) >= 11 is 0. The molecule has 3 rings (SSSR count). The van der Waals surface area contributed by atoms with E-state index in [1.807, 2.05) is 0 Å². The van der Waals surface area contributed by atoms with Crippen LogP contribution in [0.3, 0.4) is 0 Å². The van der Waals surface area contributed by atoms with E-state index in [0.717, 1.165) is 31.7 Å². The lowest BCUT2D eigenvalue weighted by molar-refractivity contribution is -0.119. The zero-order valence-corrected chi connectivity index (χ0v) is 16.6. The highest BCUT2D eigenvalue weighted by Gasteiger charge is 2.21. The molecule has 1 saturated carbocycles. The lowest BCUT2D eigenvalue weighted by Crippen LogP contribution is -2.33. The Morgan fingerprint density at radius 3 is 2.50 bits per heavy atom. The smallest absolute Gasteiger partial charge is 0.341 e. The van der Waals surface area contributed by atoms with E-state index in [2.05, 4.69) is 10.6 Å². The van der Waals surface area contributed by atoms with E-state index in [9.17, 15) is 18.8 Å². The first-order valence-corrected chi connectivity index (χ1v) is 9.68. The third-order valence-electron chi connectivity index (χ3n) is 4.87. The summed E-state index contributed by atoms with van der Waals surface area (Å²) in [7, 11) is 1.38. The van der Waals surface area contributed by atoms with Crippen molar-refractivity contribution in [3.05, 3.63) is 59.4 Å². The number of carbonyl (C=O) groups is 3. The summed E-state index contributed by atoms with van der Waals surface area (Å²) in [6.45, 7) is -0.622. The largest absolute Gasteiger partial charge is 0.497 e. The third kappa shape index (κ3) is 5.34. The number of halogens is 1. The number of rotatable bonds is 7. The fraction of sp³-hybridized carbons (Fsp3) is 0.318. The van der Waals surface area contributed by atoms with Crippen LogP contribution in [0, 0.1) is 5.82 Å². The zero-order valence-electron chi connectivity index (χ0n) is 16.6. The Kier molecular flexibility index (Phi) is 7.00. The first-order valence-electron chi connectivity index (χ1n) is 9.68. The molecule has 0 aromatic heterocycles. The average Bonchev–Trinajstić information content (AvgIpc) is 3.25. The molecule has 0 atom stereocenters. The van der Waals surface area contributed by atoms with Crippen LogP contribution in [-0.2, 0) is 9.53 Å². The van der Waals surface area contributed by atoms with Crippen LogP contribution in [0.4, 0.5) is 10.1 Å². The topological polar surface area (TPSA) is 93.7 Å². The Labute approximate surface area is 173 Å². The van der Waals surface area contributed by atoms with Gasteiger partial charge in [-0.25, -0.2) is 9.18 Å². The summed E-state index contributed by atoms with van der Waals surface area (Å²) in [5.41, 5.74) is 0.329. The minimum Gasteiger partial charge on any atom is -0.497 e. The van der Waals surface area contributed by atoms with Crippen LogP contribution < -0.4 is 15.4 Å². The molecule has 2 N–H and O–H groups in total. The molecule has 0 bridgehead atoms. The highest BCUT2D eigenvalue weighted by Crippen LogP contribution is 2.21. The summed E-state index contributed by atoms with van der Waals surface area (Å²) < 4.78 is 23.7. The molecule has 1 aliphatic carbocycles. The maximum Gasteiger partial charge on any atom is 0.341 e. The van der Waals surface area contributed by atoms with E-state index in [4.69, 9.17) is 9.47 Å². The number of esters is 1. The molecule has 30 heavy (non-hydrogen) atoms. The molecule has 2 amide bonds. The maximum absolute atomic E-state index is 13.9. The third-order valence-corrected chi connectivity index (χ3v) is 4.87. The van der Waals surface area contributed by atoms with Crippen molar-refractivity contribution in [2.45, 2.75) is 31.7 Å². The molecule has 0 saturated heterocycles. The van der Waals surface area contributed by atoms with Gasteiger partial charge in [0.05, 0.1) is 23.9 Å². The second-order valence-electron chi connectivity index (χ2n) is 6.97. The van der Waals surface area contributed by atoms with E-state index in [1.165, 1.54) is 19.2 Å². The van der Waals surface area contributed by atoms with E-state index < -0.39 is 24.3 Å². The van der Waals surface area contributed by atoms with Crippen molar-refractivity contribution in [2.75, 3.05) is 19.0 Å². The van der Waals surface area contributed by atoms with Crippen LogP contribution in [-0.4, -0.2) is 37.5 Å². The van der Waals surface area contributed by atoms with Gasteiger partial charge in [0.2, 0.25) is 0 Å². The molecule has 1 fully saturated rings. The van der Waals surface area contributed by atoms with Crippen molar-refractivity contribution < 1.29 is 28.2 Å². The number of nitrogens with one attached hydrogen (secondary N) is 2. The zero-order chi connectivity index (χ0) is 21.5. The molecule has 158 valence electrons. The summed E-state index contributed by atoms with van der Waals surface area (Å²) in [4.78, 5) is 36.8. The van der Waals surface area contributed by atoms with Gasteiger partial charge in [-0.1, -0.05) is 25.0 Å². The number of para-hydroxylation sites is 1. The van der Waals surface area contributed by atoms with Gasteiger partial charge in [-0.15, -0.1) is 0 Å². The van der Waals surface area contributed by atoms with Crippen molar-refractivity contribution in [3.8, 4) is 5.75 Å². The second kappa shape index (κ2) is 9.87. The van der Waals surface area contributed by atoms with Crippen LogP contribution in [0.15, 0.2) is 42.5 Å². The predicted molar refractivity (Wildman–Crippen MR) is 108 cm³/mol. The molecule has 1 aliphatic rings. The van der Waals surface area contributed by atoms with Crippen molar-refractivity contribution in [1.82, 2.24) is 5.32 Å². The van der Waals surface area contributed by atoms with Gasteiger partial charge in [-0.2, -0.15) is 0 Å². The number of anilines is 1. The standard InChI is InChI=1S/C22H23FN2O5/c1-29-15-10-11-16(18(23)12-15)22(28)30-13-20(26)25-19-9-5-4-8-17(19)21(27)24-14-6-2-3-7-14/h4-5,8-12,14H,2-3,6-7,13H2,1H3,(H,24,27)(H,25,26). The molecule has 2 aromatic carbocycles. The Morgan fingerprint density at radius 2 is 1.80 bits per heavy atom. The van der Waals surface area contributed by atoms with Crippen LogP contribution >= 0.6 is 0 Å². The van der Waals surface area contributed by atoms with Crippen LogP contribution in [0.5, 0.6) is 5.75 Å². The minimum absolute atomic E-state index is 0.140. The van der Waals surface area contributed by atoms with Crippen molar-refractivity contribution in [3.63, 3.8) is 0 Å². The quantitative estimate of drug-likeness (QED) is 0.678. The van der Waals surface area contributed by atoms with Crippen molar-refractivity contribution >= 4 is 23.5 Å². The maximum atomic E-state index is 13.9. The minimum atomic E-state index is -0.974. The number of amides is 2. The van der Waals surface area contributed by atoms with Crippen LogP contribution in [0.25, 0.3) is 0 Å².